The molecule has 0 aliphatic rings. The molecule has 0 aliphatic heterocycles. The second kappa shape index (κ2) is 8.28. The van der Waals surface area contributed by atoms with E-state index in [1.54, 1.807) is 13.8 Å². The van der Waals surface area contributed by atoms with Crippen LogP contribution in [0.5, 0.6) is 0 Å². The van der Waals surface area contributed by atoms with Gasteiger partial charge in [0.05, 0.1) is 23.9 Å². The third kappa shape index (κ3) is 8.79. The van der Waals surface area contributed by atoms with E-state index >= 15 is 0 Å². The fourth-order valence-electron chi connectivity index (χ4n) is 3.22. The normalized spacial score (nSPS) is 18.3. The molecular formula is C23H48FNO2. The standard InChI is InChI=1S/C23H48FNO2/c1-17(14-20(7,8)24)27-21(9,10)16-26-22(11,12)23(13,25)15-19(5,6)18(2,3)4/h17H,14-16,25H2,1-13H3. The molecule has 0 heterocycles. The molecule has 2 unspecified atom stereocenters. The summed E-state index contributed by atoms with van der Waals surface area (Å²) in [5, 5.41) is 0. The van der Waals surface area contributed by atoms with E-state index < -0.39 is 22.4 Å². The number of rotatable bonds is 10. The average Bonchev–Trinajstić information content (AvgIpc) is 2.30. The summed E-state index contributed by atoms with van der Waals surface area (Å²) in [5.74, 6) is 0. The molecule has 2 atom stereocenters. The molecule has 0 fully saturated rings. The Hall–Kier alpha value is -0.190. The molecule has 3 nitrogen and oxygen atoms in total. The second-order valence-electron chi connectivity index (χ2n) is 12.1. The Kier molecular flexibility index (Phi) is 8.22. The molecule has 2 N–H and O–H groups in total. The quantitative estimate of drug-likeness (QED) is 0.478. The maximum Gasteiger partial charge on any atom is 0.108 e. The molecule has 0 amide bonds. The van der Waals surface area contributed by atoms with E-state index in [2.05, 4.69) is 55.4 Å². The molecule has 0 aromatic heterocycles. The molecule has 0 saturated heterocycles. The lowest BCUT2D eigenvalue weighted by Gasteiger charge is -2.50. The van der Waals surface area contributed by atoms with Gasteiger partial charge < -0.3 is 15.2 Å². The van der Waals surface area contributed by atoms with Crippen LogP contribution in [0.4, 0.5) is 4.39 Å². The van der Waals surface area contributed by atoms with E-state index in [-0.39, 0.29) is 16.9 Å². The number of halogens is 1. The molecule has 0 bridgehead atoms. The highest BCUT2D eigenvalue weighted by atomic mass is 19.1. The van der Waals surface area contributed by atoms with Crippen LogP contribution < -0.4 is 5.73 Å². The average molecular weight is 390 g/mol. The van der Waals surface area contributed by atoms with Gasteiger partial charge in [0.15, 0.2) is 0 Å². The van der Waals surface area contributed by atoms with Crippen molar-refractivity contribution in [3.05, 3.63) is 0 Å². The number of hydrogen-bond acceptors (Lipinski definition) is 3. The van der Waals surface area contributed by atoms with E-state index in [1.807, 2.05) is 20.8 Å². The minimum absolute atomic E-state index is 0.0599. The van der Waals surface area contributed by atoms with E-state index in [0.29, 0.717) is 13.0 Å². The third-order valence-corrected chi connectivity index (χ3v) is 6.29. The maximum atomic E-state index is 13.9. The van der Waals surface area contributed by atoms with Crippen molar-refractivity contribution in [1.29, 1.82) is 0 Å². The molecule has 27 heavy (non-hydrogen) atoms. The Labute approximate surface area is 169 Å². The van der Waals surface area contributed by atoms with Gasteiger partial charge in [-0.1, -0.05) is 34.6 Å². The molecule has 0 saturated carbocycles. The fraction of sp³-hybridized carbons (Fsp3) is 1.00. The number of alkyl halides is 1. The summed E-state index contributed by atoms with van der Waals surface area (Å²) in [4.78, 5) is 0. The van der Waals surface area contributed by atoms with Crippen molar-refractivity contribution >= 4 is 0 Å². The van der Waals surface area contributed by atoms with E-state index in [9.17, 15) is 4.39 Å². The zero-order valence-electron chi connectivity index (χ0n) is 20.5. The van der Waals surface area contributed by atoms with Gasteiger partial charge in [0.25, 0.3) is 0 Å². The minimum atomic E-state index is -1.25. The van der Waals surface area contributed by atoms with Crippen LogP contribution in [-0.2, 0) is 9.47 Å². The summed E-state index contributed by atoms with van der Waals surface area (Å²) in [6.45, 7) is 26.9. The largest absolute Gasteiger partial charge is 0.371 e. The van der Waals surface area contributed by atoms with Crippen LogP contribution in [0, 0.1) is 10.8 Å². The predicted molar refractivity (Wildman–Crippen MR) is 115 cm³/mol. The first-order chi connectivity index (χ1) is 11.5. The van der Waals surface area contributed by atoms with Gasteiger partial charge in [-0.3, -0.25) is 0 Å². The van der Waals surface area contributed by atoms with Crippen molar-refractivity contribution < 1.29 is 13.9 Å². The SMILES string of the molecule is CC(CC(C)(C)F)OC(C)(C)COC(C)(C)C(C)(N)CC(C)(C)C(C)(C)C. The van der Waals surface area contributed by atoms with E-state index in [4.69, 9.17) is 15.2 Å². The maximum absolute atomic E-state index is 13.9. The van der Waals surface area contributed by atoms with Crippen molar-refractivity contribution in [3.8, 4) is 0 Å². The van der Waals surface area contributed by atoms with Gasteiger partial charge in [-0.25, -0.2) is 4.39 Å². The number of ether oxygens (including phenoxy) is 2. The summed E-state index contributed by atoms with van der Waals surface area (Å²) in [6.07, 6.45) is 1.01. The summed E-state index contributed by atoms with van der Waals surface area (Å²) < 4.78 is 26.2. The van der Waals surface area contributed by atoms with Crippen LogP contribution in [0.15, 0.2) is 0 Å². The molecule has 0 aliphatic carbocycles. The molecule has 0 spiro atoms. The highest BCUT2D eigenvalue weighted by Crippen LogP contribution is 2.46. The first-order valence-corrected chi connectivity index (χ1v) is 10.3. The third-order valence-electron chi connectivity index (χ3n) is 6.29. The lowest BCUT2D eigenvalue weighted by molar-refractivity contribution is -0.165. The first-order valence-electron chi connectivity index (χ1n) is 10.3. The molecule has 0 aromatic carbocycles. The van der Waals surface area contributed by atoms with Crippen molar-refractivity contribution in [2.24, 2.45) is 16.6 Å². The highest BCUT2D eigenvalue weighted by molar-refractivity contribution is 5.02. The van der Waals surface area contributed by atoms with Crippen LogP contribution in [0.2, 0.25) is 0 Å². The Morgan fingerprint density at radius 2 is 1.30 bits per heavy atom. The smallest absolute Gasteiger partial charge is 0.108 e. The topological polar surface area (TPSA) is 44.5 Å². The molecular weight excluding hydrogens is 341 g/mol. The van der Waals surface area contributed by atoms with Crippen molar-refractivity contribution in [2.45, 2.75) is 131 Å². The monoisotopic (exact) mass is 389 g/mol. The Balaban J connectivity index is 5.03. The zero-order valence-corrected chi connectivity index (χ0v) is 20.5. The molecule has 0 radical (unpaired) electrons. The molecule has 0 rings (SSSR count). The van der Waals surface area contributed by atoms with Crippen LogP contribution in [0.3, 0.4) is 0 Å². The zero-order chi connectivity index (χ0) is 22.1. The number of hydrogen-bond donors (Lipinski definition) is 1. The van der Waals surface area contributed by atoms with Crippen molar-refractivity contribution in [1.82, 2.24) is 0 Å². The highest BCUT2D eigenvalue weighted by Gasteiger charge is 2.46. The van der Waals surface area contributed by atoms with E-state index in [1.165, 1.54) is 0 Å². The van der Waals surface area contributed by atoms with Gasteiger partial charge >= 0.3 is 0 Å². The molecule has 0 aromatic rings. The Morgan fingerprint density at radius 1 is 0.852 bits per heavy atom. The summed E-state index contributed by atoms with van der Waals surface area (Å²) in [7, 11) is 0. The Morgan fingerprint density at radius 3 is 1.67 bits per heavy atom. The lowest BCUT2D eigenvalue weighted by atomic mass is 9.61. The summed E-state index contributed by atoms with van der Waals surface area (Å²) in [5.41, 5.74) is 4.18. The second-order valence-corrected chi connectivity index (χ2v) is 12.1. The van der Waals surface area contributed by atoms with Crippen LogP contribution in [0.25, 0.3) is 0 Å². The van der Waals surface area contributed by atoms with Gasteiger partial charge in [-0.2, -0.15) is 0 Å². The van der Waals surface area contributed by atoms with Gasteiger partial charge in [0.1, 0.15) is 5.67 Å². The van der Waals surface area contributed by atoms with Crippen LogP contribution in [0.1, 0.15) is 103 Å². The lowest BCUT2D eigenvalue weighted by Crippen LogP contribution is -2.60. The van der Waals surface area contributed by atoms with Crippen LogP contribution in [-0.4, -0.2) is 35.1 Å². The van der Waals surface area contributed by atoms with Gasteiger partial charge in [0.2, 0.25) is 0 Å². The van der Waals surface area contributed by atoms with Crippen LogP contribution >= 0.6 is 0 Å². The number of nitrogens with two attached hydrogens (primary N) is 1. The fourth-order valence-corrected chi connectivity index (χ4v) is 3.22. The molecule has 4 heteroatoms. The first kappa shape index (κ1) is 26.8. The van der Waals surface area contributed by atoms with Crippen molar-refractivity contribution in [3.63, 3.8) is 0 Å². The minimum Gasteiger partial charge on any atom is -0.371 e. The van der Waals surface area contributed by atoms with Gasteiger partial charge in [0, 0.05) is 12.0 Å². The Bertz CT molecular complexity index is 468. The summed E-state index contributed by atoms with van der Waals surface area (Å²) in [6, 6.07) is 0. The van der Waals surface area contributed by atoms with E-state index in [0.717, 1.165) is 6.42 Å². The molecule has 164 valence electrons. The van der Waals surface area contributed by atoms with Crippen molar-refractivity contribution in [2.75, 3.05) is 6.61 Å². The van der Waals surface area contributed by atoms with Gasteiger partial charge in [-0.05, 0) is 72.6 Å². The van der Waals surface area contributed by atoms with Gasteiger partial charge in [-0.15, -0.1) is 0 Å². The predicted octanol–water partition coefficient (Wildman–Crippen LogP) is 6.28. The summed E-state index contributed by atoms with van der Waals surface area (Å²) >= 11 is 0.